The van der Waals surface area contributed by atoms with Crippen LogP contribution in [-0.4, -0.2) is 16.6 Å². The predicted molar refractivity (Wildman–Crippen MR) is 74.3 cm³/mol. The fraction of sp³-hybridized carbons (Fsp3) is 0.231. The van der Waals surface area contributed by atoms with Crippen molar-refractivity contribution >= 4 is 18.0 Å². The lowest BCUT2D eigenvalue weighted by atomic mass is 10.1. The third-order valence-electron chi connectivity index (χ3n) is 2.55. The van der Waals surface area contributed by atoms with Gasteiger partial charge in [-0.25, -0.2) is 4.98 Å². The van der Waals surface area contributed by atoms with Crippen LogP contribution in [0.15, 0.2) is 30.5 Å². The van der Waals surface area contributed by atoms with Gasteiger partial charge in [-0.2, -0.15) is 0 Å². The zero-order chi connectivity index (χ0) is 13.0. The molecule has 4 nitrogen and oxygen atoms in total. The summed E-state index contributed by atoms with van der Waals surface area (Å²) in [6.45, 7) is 2.64. The average Bonchev–Trinajstić information content (AvgIpc) is 2.35. The smallest absolute Gasteiger partial charge is 0.198 e. The molecule has 18 heavy (non-hydrogen) atoms. The third kappa shape index (κ3) is 3.07. The van der Waals surface area contributed by atoms with E-state index < -0.39 is 0 Å². The van der Waals surface area contributed by atoms with Crippen molar-refractivity contribution in [3.05, 3.63) is 46.4 Å². The Morgan fingerprint density at radius 1 is 1.33 bits per heavy atom. The number of nitrogens with one attached hydrogen (secondary N) is 1. The lowest BCUT2D eigenvalue weighted by Gasteiger charge is -2.06. The van der Waals surface area contributed by atoms with E-state index >= 15 is 0 Å². The Bertz CT molecular complexity index is 578. The largest absolute Gasteiger partial charge is 0.494 e. The highest BCUT2D eigenvalue weighted by Gasteiger charge is 2.02. The Morgan fingerprint density at radius 3 is 2.67 bits per heavy atom. The summed E-state index contributed by atoms with van der Waals surface area (Å²) in [5, 5.41) is 0. The number of benzene rings is 1. The van der Waals surface area contributed by atoms with Gasteiger partial charge in [0.05, 0.1) is 6.61 Å². The molecule has 1 aromatic carbocycles. The second-order valence-electron chi connectivity index (χ2n) is 3.88. The van der Waals surface area contributed by atoms with Crippen molar-refractivity contribution in [1.29, 1.82) is 0 Å². The molecule has 0 aliphatic rings. The van der Waals surface area contributed by atoms with Gasteiger partial charge in [0.25, 0.3) is 0 Å². The van der Waals surface area contributed by atoms with Crippen molar-refractivity contribution in [3.63, 3.8) is 0 Å². The van der Waals surface area contributed by atoms with Gasteiger partial charge in [0.1, 0.15) is 11.6 Å². The van der Waals surface area contributed by atoms with Crippen molar-refractivity contribution in [2.24, 2.45) is 0 Å². The first kappa shape index (κ1) is 12.6. The first-order chi connectivity index (χ1) is 8.69. The summed E-state index contributed by atoms with van der Waals surface area (Å²) >= 11 is 4.91. The van der Waals surface area contributed by atoms with Crippen LogP contribution >= 0.6 is 12.2 Å². The van der Waals surface area contributed by atoms with Crippen LogP contribution in [0.1, 0.15) is 18.1 Å². The normalized spacial score (nSPS) is 10.3. The molecule has 5 heteroatoms. The fourth-order valence-electron chi connectivity index (χ4n) is 1.66. The number of hydrogen-bond donors (Lipinski definition) is 2. The highest BCUT2D eigenvalue weighted by Crippen LogP contribution is 2.17. The molecule has 0 fully saturated rings. The summed E-state index contributed by atoms with van der Waals surface area (Å²) < 4.78 is 5.80. The van der Waals surface area contributed by atoms with Crippen LogP contribution in [0.25, 0.3) is 0 Å². The first-order valence-corrected chi connectivity index (χ1v) is 6.15. The van der Waals surface area contributed by atoms with Crippen LogP contribution in [0.2, 0.25) is 0 Å². The Labute approximate surface area is 111 Å². The molecule has 0 aliphatic heterocycles. The molecule has 0 radical (unpaired) electrons. The van der Waals surface area contributed by atoms with Crippen LogP contribution in [0.5, 0.6) is 5.75 Å². The molecule has 3 N–H and O–H groups in total. The third-order valence-corrected chi connectivity index (χ3v) is 2.76. The van der Waals surface area contributed by atoms with Crippen molar-refractivity contribution in [1.82, 2.24) is 9.97 Å². The van der Waals surface area contributed by atoms with Crippen LogP contribution in [-0.2, 0) is 6.42 Å². The maximum atomic E-state index is 5.86. The molecule has 2 rings (SSSR count). The van der Waals surface area contributed by atoms with E-state index in [1.165, 1.54) is 0 Å². The van der Waals surface area contributed by atoms with Crippen LogP contribution in [0, 0.1) is 4.77 Å². The van der Waals surface area contributed by atoms with Gasteiger partial charge in [-0.1, -0.05) is 12.1 Å². The highest BCUT2D eigenvalue weighted by molar-refractivity contribution is 7.71. The average molecular weight is 261 g/mol. The van der Waals surface area contributed by atoms with Crippen LogP contribution in [0.4, 0.5) is 5.82 Å². The Kier molecular flexibility index (Phi) is 3.94. The Balaban J connectivity index is 2.15. The van der Waals surface area contributed by atoms with Crippen LogP contribution < -0.4 is 10.5 Å². The number of aromatic amines is 1. The number of nitrogen functional groups attached to an aromatic ring is 1. The van der Waals surface area contributed by atoms with Gasteiger partial charge in [0.2, 0.25) is 0 Å². The topological polar surface area (TPSA) is 63.9 Å². The maximum absolute atomic E-state index is 5.86. The van der Waals surface area contributed by atoms with E-state index in [0.717, 1.165) is 23.3 Å². The van der Waals surface area contributed by atoms with Gasteiger partial charge >= 0.3 is 0 Å². The summed E-state index contributed by atoms with van der Waals surface area (Å²) in [6.07, 6.45) is 2.43. The minimum atomic E-state index is 0.406. The van der Waals surface area contributed by atoms with Gasteiger partial charge in [-0.15, -0.1) is 0 Å². The molecule has 2 aromatic rings. The highest BCUT2D eigenvalue weighted by atomic mass is 32.1. The SMILES string of the molecule is CCOc1ccc(Cc2cnc(=S)[nH]c2N)cc1. The molecule has 0 saturated carbocycles. The number of rotatable bonds is 4. The second-order valence-corrected chi connectivity index (χ2v) is 4.27. The molecule has 0 amide bonds. The molecular weight excluding hydrogens is 246 g/mol. The second kappa shape index (κ2) is 5.64. The minimum absolute atomic E-state index is 0.406. The number of ether oxygens (including phenoxy) is 1. The monoisotopic (exact) mass is 261 g/mol. The lowest BCUT2D eigenvalue weighted by Crippen LogP contribution is -2.00. The van der Waals surface area contributed by atoms with Gasteiger partial charge < -0.3 is 15.5 Å². The van der Waals surface area contributed by atoms with Crippen molar-refractivity contribution in [2.75, 3.05) is 12.3 Å². The Morgan fingerprint density at radius 2 is 2.06 bits per heavy atom. The van der Waals surface area contributed by atoms with Gasteiger partial charge in [-0.05, 0) is 36.8 Å². The van der Waals surface area contributed by atoms with Gasteiger partial charge in [0.15, 0.2) is 4.77 Å². The predicted octanol–water partition coefficient (Wildman–Crippen LogP) is 2.71. The van der Waals surface area contributed by atoms with E-state index in [1.54, 1.807) is 6.20 Å². The number of H-pyrrole nitrogens is 1. The summed E-state index contributed by atoms with van der Waals surface area (Å²) in [6, 6.07) is 7.94. The molecule has 0 unspecified atom stereocenters. The molecule has 0 atom stereocenters. The van der Waals surface area contributed by atoms with E-state index in [4.69, 9.17) is 22.7 Å². The minimum Gasteiger partial charge on any atom is -0.494 e. The molecule has 1 aromatic heterocycles. The molecule has 0 saturated heterocycles. The van der Waals surface area contributed by atoms with E-state index in [9.17, 15) is 0 Å². The van der Waals surface area contributed by atoms with Crippen molar-refractivity contribution in [2.45, 2.75) is 13.3 Å². The lowest BCUT2D eigenvalue weighted by molar-refractivity contribution is 0.340. The molecule has 0 bridgehead atoms. The van der Waals surface area contributed by atoms with Crippen molar-refractivity contribution in [3.8, 4) is 5.75 Å². The van der Waals surface area contributed by atoms with Crippen LogP contribution in [0.3, 0.4) is 0 Å². The summed E-state index contributed by atoms with van der Waals surface area (Å²) in [4.78, 5) is 6.89. The number of nitrogens with two attached hydrogens (primary N) is 1. The van der Waals surface area contributed by atoms with E-state index in [0.29, 0.717) is 17.2 Å². The maximum Gasteiger partial charge on any atom is 0.198 e. The standard InChI is InChI=1S/C13H15N3OS/c1-2-17-11-5-3-9(4-6-11)7-10-8-15-13(18)16-12(10)14/h3-6,8H,2,7H2,1H3,(H3,14,15,16,18). The number of nitrogens with zero attached hydrogens (tertiary/aromatic N) is 1. The molecular formula is C13H15N3OS. The molecule has 0 aliphatic carbocycles. The summed E-state index contributed by atoms with van der Waals surface area (Å²) in [5.74, 6) is 1.45. The molecule has 1 heterocycles. The van der Waals surface area contributed by atoms with E-state index in [1.807, 2.05) is 31.2 Å². The summed E-state index contributed by atoms with van der Waals surface area (Å²) in [5.41, 5.74) is 7.95. The van der Waals surface area contributed by atoms with Crippen molar-refractivity contribution < 1.29 is 4.74 Å². The Hall–Kier alpha value is -1.88. The fourth-order valence-corrected chi connectivity index (χ4v) is 1.83. The quantitative estimate of drug-likeness (QED) is 0.831. The van der Waals surface area contributed by atoms with Gasteiger partial charge in [0, 0.05) is 18.2 Å². The summed E-state index contributed by atoms with van der Waals surface area (Å²) in [7, 11) is 0. The van der Waals surface area contributed by atoms with E-state index in [2.05, 4.69) is 9.97 Å². The number of hydrogen-bond acceptors (Lipinski definition) is 4. The molecule has 94 valence electrons. The number of aromatic nitrogens is 2. The van der Waals surface area contributed by atoms with Gasteiger partial charge in [-0.3, -0.25) is 0 Å². The first-order valence-electron chi connectivity index (χ1n) is 5.74. The number of anilines is 1. The van der Waals surface area contributed by atoms with E-state index in [-0.39, 0.29) is 0 Å². The molecule has 0 spiro atoms. The zero-order valence-corrected chi connectivity index (χ0v) is 11.0. The zero-order valence-electron chi connectivity index (χ0n) is 10.1.